The smallest absolute Gasteiger partial charge is 0.292 e. The largest absolute Gasteiger partial charge is 0.377 e. The first kappa shape index (κ1) is 16.5. The Balaban J connectivity index is 1.35. The number of hydrogen-bond donors (Lipinski definition) is 2. The molecule has 0 amide bonds. The van der Waals surface area contributed by atoms with Crippen molar-refractivity contribution < 1.29 is 4.92 Å². The number of rotatable bonds is 5. The zero-order valence-electron chi connectivity index (χ0n) is 14.4. The highest BCUT2D eigenvalue weighted by Crippen LogP contribution is 2.26. The van der Waals surface area contributed by atoms with Crippen LogP contribution in [0.25, 0.3) is 11.0 Å². The van der Waals surface area contributed by atoms with Crippen LogP contribution in [0.3, 0.4) is 0 Å². The summed E-state index contributed by atoms with van der Waals surface area (Å²) in [5, 5.41) is 14.5. The average molecular weight is 351 g/mol. The number of likely N-dealkylation sites (tertiary alicyclic amines) is 1. The van der Waals surface area contributed by atoms with Crippen LogP contribution in [0.5, 0.6) is 0 Å². The van der Waals surface area contributed by atoms with Gasteiger partial charge in [-0.25, -0.2) is 4.98 Å². The molecule has 2 N–H and O–H groups in total. The fraction of sp³-hybridized carbons (Fsp3) is 0.316. The fourth-order valence-electron chi connectivity index (χ4n) is 3.50. The summed E-state index contributed by atoms with van der Waals surface area (Å²) in [5.41, 5.74) is 2.80. The second-order valence-corrected chi connectivity index (χ2v) is 6.67. The van der Waals surface area contributed by atoms with E-state index in [1.165, 1.54) is 0 Å². The number of nitrogens with zero attached hydrogens (tertiary/aromatic N) is 3. The molecule has 0 saturated carbocycles. The number of nitro benzene ring substituents is 1. The van der Waals surface area contributed by atoms with Gasteiger partial charge in [-0.2, -0.15) is 0 Å². The lowest BCUT2D eigenvalue weighted by atomic mass is 10.0. The molecular formula is C19H21N5O2. The molecule has 1 aliphatic heterocycles. The van der Waals surface area contributed by atoms with E-state index in [9.17, 15) is 10.1 Å². The van der Waals surface area contributed by atoms with Crippen LogP contribution in [-0.4, -0.2) is 38.9 Å². The summed E-state index contributed by atoms with van der Waals surface area (Å²) in [7, 11) is 0. The molecule has 0 unspecified atom stereocenters. The van der Waals surface area contributed by atoms with E-state index >= 15 is 0 Å². The number of aromatic nitrogens is 2. The Morgan fingerprint density at radius 1 is 1.15 bits per heavy atom. The van der Waals surface area contributed by atoms with E-state index in [1.54, 1.807) is 18.2 Å². The molecule has 1 aromatic heterocycles. The molecule has 1 saturated heterocycles. The van der Waals surface area contributed by atoms with E-state index in [-0.39, 0.29) is 16.7 Å². The molecule has 2 aromatic carbocycles. The first-order valence-electron chi connectivity index (χ1n) is 8.85. The topological polar surface area (TPSA) is 87.1 Å². The summed E-state index contributed by atoms with van der Waals surface area (Å²) >= 11 is 0. The van der Waals surface area contributed by atoms with E-state index in [1.807, 2.05) is 30.3 Å². The molecule has 0 bridgehead atoms. The number of hydrogen-bond acceptors (Lipinski definition) is 5. The van der Waals surface area contributed by atoms with Gasteiger partial charge in [-0.1, -0.05) is 24.3 Å². The van der Waals surface area contributed by atoms with Gasteiger partial charge in [0.1, 0.15) is 11.5 Å². The Hall–Kier alpha value is -2.93. The van der Waals surface area contributed by atoms with Crippen LogP contribution in [0, 0.1) is 10.1 Å². The molecule has 7 heteroatoms. The number of fused-ring (bicyclic) bond motifs is 1. The predicted molar refractivity (Wildman–Crippen MR) is 101 cm³/mol. The van der Waals surface area contributed by atoms with Crippen LogP contribution >= 0.6 is 0 Å². The Kier molecular flexibility index (Phi) is 4.53. The van der Waals surface area contributed by atoms with Gasteiger partial charge >= 0.3 is 0 Å². The molecule has 3 aromatic rings. The zero-order chi connectivity index (χ0) is 17.9. The zero-order valence-corrected chi connectivity index (χ0v) is 14.4. The Bertz CT molecular complexity index is 882. The summed E-state index contributed by atoms with van der Waals surface area (Å²) in [6, 6.07) is 15.1. The summed E-state index contributed by atoms with van der Waals surface area (Å²) in [4.78, 5) is 21.2. The number of imidazole rings is 1. The van der Waals surface area contributed by atoms with Gasteiger partial charge in [0.2, 0.25) is 0 Å². The number of anilines is 1. The summed E-state index contributed by atoms with van der Waals surface area (Å²) in [6.07, 6.45) is 1.90. The minimum atomic E-state index is -0.334. The number of nitro groups is 1. The van der Waals surface area contributed by atoms with Crippen molar-refractivity contribution in [2.45, 2.75) is 25.4 Å². The number of benzene rings is 2. The standard InChI is InChI=1S/C19H21N5O2/c25-24(26)18-8-4-3-7-17(18)20-14-9-11-23(12-10-14)13-19-21-15-5-1-2-6-16(15)22-19/h1-8,14,20H,9-13H2,(H,21,22). The van der Waals surface area contributed by atoms with Crippen LogP contribution in [0.1, 0.15) is 18.7 Å². The lowest BCUT2D eigenvalue weighted by Crippen LogP contribution is -2.38. The molecule has 2 heterocycles. The minimum absolute atomic E-state index is 0.136. The molecule has 1 aliphatic rings. The summed E-state index contributed by atoms with van der Waals surface area (Å²) in [6.45, 7) is 2.68. The SMILES string of the molecule is O=[N+]([O-])c1ccccc1NC1CCN(Cc2nc3ccccc3[nH]2)CC1. The monoisotopic (exact) mass is 351 g/mol. The van der Waals surface area contributed by atoms with Crippen molar-refractivity contribution in [3.8, 4) is 0 Å². The highest BCUT2D eigenvalue weighted by molar-refractivity contribution is 5.74. The van der Waals surface area contributed by atoms with Crippen molar-refractivity contribution in [3.05, 3.63) is 64.5 Å². The van der Waals surface area contributed by atoms with Crippen molar-refractivity contribution in [1.29, 1.82) is 0 Å². The number of aromatic amines is 1. The van der Waals surface area contributed by atoms with Crippen molar-refractivity contribution in [3.63, 3.8) is 0 Å². The number of piperidine rings is 1. The third-order valence-electron chi connectivity index (χ3n) is 4.86. The highest BCUT2D eigenvalue weighted by atomic mass is 16.6. The lowest BCUT2D eigenvalue weighted by molar-refractivity contribution is -0.384. The van der Waals surface area contributed by atoms with Crippen LogP contribution in [-0.2, 0) is 6.54 Å². The first-order chi connectivity index (χ1) is 12.7. The minimum Gasteiger partial charge on any atom is -0.377 e. The van der Waals surface area contributed by atoms with E-state index in [0.29, 0.717) is 5.69 Å². The van der Waals surface area contributed by atoms with E-state index in [4.69, 9.17) is 0 Å². The maximum atomic E-state index is 11.1. The van der Waals surface area contributed by atoms with Crippen LogP contribution in [0.15, 0.2) is 48.5 Å². The second kappa shape index (κ2) is 7.13. The fourth-order valence-corrected chi connectivity index (χ4v) is 3.50. The van der Waals surface area contributed by atoms with Gasteiger partial charge in [0.05, 0.1) is 22.5 Å². The van der Waals surface area contributed by atoms with Gasteiger partial charge in [0.15, 0.2) is 0 Å². The Labute approximate surface area is 151 Å². The molecular weight excluding hydrogens is 330 g/mol. The molecule has 0 radical (unpaired) electrons. The molecule has 0 atom stereocenters. The van der Waals surface area contributed by atoms with E-state index in [2.05, 4.69) is 20.2 Å². The Morgan fingerprint density at radius 2 is 1.88 bits per heavy atom. The van der Waals surface area contributed by atoms with Gasteiger partial charge in [0, 0.05) is 25.2 Å². The molecule has 4 rings (SSSR count). The van der Waals surface area contributed by atoms with Gasteiger partial charge in [0.25, 0.3) is 5.69 Å². The van der Waals surface area contributed by atoms with Gasteiger partial charge in [-0.3, -0.25) is 15.0 Å². The molecule has 134 valence electrons. The van der Waals surface area contributed by atoms with Gasteiger partial charge < -0.3 is 10.3 Å². The number of nitrogens with one attached hydrogen (secondary N) is 2. The number of para-hydroxylation sites is 4. The predicted octanol–water partition coefficient (Wildman–Crippen LogP) is 3.55. The normalized spacial score (nSPS) is 16.0. The molecule has 0 spiro atoms. The van der Waals surface area contributed by atoms with Crippen LogP contribution < -0.4 is 5.32 Å². The average Bonchev–Trinajstić information content (AvgIpc) is 3.06. The second-order valence-electron chi connectivity index (χ2n) is 6.67. The maximum Gasteiger partial charge on any atom is 0.292 e. The quantitative estimate of drug-likeness (QED) is 0.542. The van der Waals surface area contributed by atoms with Crippen molar-refractivity contribution >= 4 is 22.4 Å². The summed E-state index contributed by atoms with van der Waals surface area (Å²) in [5.74, 6) is 0.983. The summed E-state index contributed by atoms with van der Waals surface area (Å²) < 4.78 is 0. The van der Waals surface area contributed by atoms with Crippen LogP contribution in [0.2, 0.25) is 0 Å². The van der Waals surface area contributed by atoms with Gasteiger partial charge in [-0.05, 0) is 31.0 Å². The molecule has 0 aliphatic carbocycles. The van der Waals surface area contributed by atoms with Crippen LogP contribution in [0.4, 0.5) is 11.4 Å². The first-order valence-corrected chi connectivity index (χ1v) is 8.85. The van der Waals surface area contributed by atoms with E-state index < -0.39 is 0 Å². The van der Waals surface area contributed by atoms with Crippen molar-refractivity contribution in [2.75, 3.05) is 18.4 Å². The molecule has 1 fully saturated rings. The molecule has 26 heavy (non-hydrogen) atoms. The number of H-pyrrole nitrogens is 1. The molecule has 7 nitrogen and oxygen atoms in total. The van der Waals surface area contributed by atoms with Crippen molar-refractivity contribution in [1.82, 2.24) is 14.9 Å². The Morgan fingerprint density at radius 3 is 2.65 bits per heavy atom. The highest BCUT2D eigenvalue weighted by Gasteiger charge is 2.22. The van der Waals surface area contributed by atoms with E-state index in [0.717, 1.165) is 49.3 Å². The third-order valence-corrected chi connectivity index (χ3v) is 4.86. The van der Waals surface area contributed by atoms with Gasteiger partial charge in [-0.15, -0.1) is 0 Å². The lowest BCUT2D eigenvalue weighted by Gasteiger charge is -2.32. The van der Waals surface area contributed by atoms with Crippen molar-refractivity contribution in [2.24, 2.45) is 0 Å². The third kappa shape index (κ3) is 3.52. The maximum absolute atomic E-state index is 11.1.